The number of hydrogen-bond donors (Lipinski definition) is 1. The SMILES string of the molecule is CC(C)(C)C(=O)Nc1cccc2c1C1CCC2C1=C(Cl)Cl. The second kappa shape index (κ2) is 5.03. The van der Waals surface area contributed by atoms with E-state index in [2.05, 4.69) is 11.4 Å². The second-order valence-corrected chi connectivity index (χ2v) is 7.86. The van der Waals surface area contributed by atoms with E-state index in [-0.39, 0.29) is 11.8 Å². The van der Waals surface area contributed by atoms with Crippen molar-refractivity contribution in [3.05, 3.63) is 39.4 Å². The molecule has 0 saturated heterocycles. The van der Waals surface area contributed by atoms with Crippen LogP contribution in [0.5, 0.6) is 0 Å². The van der Waals surface area contributed by atoms with Crippen LogP contribution in [0, 0.1) is 5.41 Å². The molecule has 112 valence electrons. The van der Waals surface area contributed by atoms with Crippen molar-refractivity contribution in [2.24, 2.45) is 5.41 Å². The van der Waals surface area contributed by atoms with Gasteiger partial charge in [0, 0.05) is 22.9 Å². The summed E-state index contributed by atoms with van der Waals surface area (Å²) in [5, 5.41) is 3.08. The average molecular weight is 324 g/mol. The van der Waals surface area contributed by atoms with Crippen molar-refractivity contribution in [2.45, 2.75) is 45.4 Å². The van der Waals surface area contributed by atoms with Crippen molar-refractivity contribution in [2.75, 3.05) is 5.32 Å². The van der Waals surface area contributed by atoms with Crippen LogP contribution in [-0.2, 0) is 4.79 Å². The van der Waals surface area contributed by atoms with Gasteiger partial charge in [0.25, 0.3) is 0 Å². The lowest BCUT2D eigenvalue weighted by atomic mass is 9.89. The van der Waals surface area contributed by atoms with Gasteiger partial charge < -0.3 is 5.32 Å². The van der Waals surface area contributed by atoms with Crippen molar-refractivity contribution in [3.8, 4) is 0 Å². The molecule has 1 saturated carbocycles. The highest BCUT2D eigenvalue weighted by Gasteiger charge is 2.44. The Morgan fingerprint density at radius 2 is 1.86 bits per heavy atom. The van der Waals surface area contributed by atoms with Gasteiger partial charge in [0.05, 0.1) is 0 Å². The van der Waals surface area contributed by atoms with Crippen LogP contribution in [0.4, 0.5) is 5.69 Å². The molecule has 4 heteroatoms. The first-order chi connectivity index (χ1) is 9.80. The molecule has 1 fully saturated rings. The first kappa shape index (κ1) is 14.9. The topological polar surface area (TPSA) is 29.1 Å². The summed E-state index contributed by atoms with van der Waals surface area (Å²) in [6.07, 6.45) is 2.14. The maximum atomic E-state index is 12.3. The molecule has 1 aromatic carbocycles. The Hall–Kier alpha value is -0.990. The number of nitrogens with one attached hydrogen (secondary N) is 1. The maximum absolute atomic E-state index is 12.3. The molecule has 0 radical (unpaired) electrons. The maximum Gasteiger partial charge on any atom is 0.229 e. The van der Waals surface area contributed by atoms with Crippen LogP contribution in [0.3, 0.4) is 0 Å². The Bertz CT molecular complexity index is 639. The molecule has 0 spiro atoms. The van der Waals surface area contributed by atoms with E-state index in [1.54, 1.807) is 0 Å². The van der Waals surface area contributed by atoms with Crippen LogP contribution in [0.25, 0.3) is 0 Å². The van der Waals surface area contributed by atoms with E-state index in [0.29, 0.717) is 10.4 Å². The molecule has 2 bridgehead atoms. The van der Waals surface area contributed by atoms with Gasteiger partial charge in [-0.15, -0.1) is 0 Å². The minimum absolute atomic E-state index is 0.0289. The summed E-state index contributed by atoms with van der Waals surface area (Å²) in [4.78, 5) is 12.3. The molecule has 1 N–H and O–H groups in total. The Morgan fingerprint density at radius 3 is 2.48 bits per heavy atom. The number of rotatable bonds is 1. The molecule has 21 heavy (non-hydrogen) atoms. The first-order valence-corrected chi connectivity index (χ1v) is 8.05. The molecule has 1 aromatic rings. The lowest BCUT2D eigenvalue weighted by Crippen LogP contribution is -2.28. The van der Waals surface area contributed by atoms with Gasteiger partial charge in [0.2, 0.25) is 5.91 Å². The first-order valence-electron chi connectivity index (χ1n) is 7.30. The smallest absolute Gasteiger partial charge is 0.229 e. The van der Waals surface area contributed by atoms with E-state index in [0.717, 1.165) is 24.1 Å². The van der Waals surface area contributed by atoms with E-state index in [4.69, 9.17) is 23.2 Å². The molecule has 2 nitrogen and oxygen atoms in total. The van der Waals surface area contributed by atoms with Gasteiger partial charge in [0.1, 0.15) is 4.49 Å². The number of hydrogen-bond acceptors (Lipinski definition) is 1. The number of fused-ring (bicyclic) bond motifs is 5. The Labute approximate surface area is 135 Å². The molecule has 1 amide bonds. The number of benzene rings is 1. The van der Waals surface area contributed by atoms with Crippen LogP contribution in [0.1, 0.15) is 56.6 Å². The molecule has 0 aromatic heterocycles. The van der Waals surface area contributed by atoms with Gasteiger partial charge in [-0.05, 0) is 35.6 Å². The minimum atomic E-state index is -0.414. The monoisotopic (exact) mass is 323 g/mol. The van der Waals surface area contributed by atoms with Crippen LogP contribution >= 0.6 is 23.2 Å². The lowest BCUT2D eigenvalue weighted by molar-refractivity contribution is -0.123. The van der Waals surface area contributed by atoms with Gasteiger partial charge in [0.15, 0.2) is 0 Å². The largest absolute Gasteiger partial charge is 0.325 e. The summed E-state index contributed by atoms with van der Waals surface area (Å²) in [5.74, 6) is 0.606. The highest BCUT2D eigenvalue weighted by molar-refractivity contribution is 6.56. The quantitative estimate of drug-likeness (QED) is 0.743. The van der Waals surface area contributed by atoms with Gasteiger partial charge in [-0.3, -0.25) is 4.79 Å². The third-order valence-corrected chi connectivity index (χ3v) is 4.94. The third-order valence-electron chi connectivity index (χ3n) is 4.51. The van der Waals surface area contributed by atoms with Crippen molar-refractivity contribution in [3.63, 3.8) is 0 Å². The van der Waals surface area contributed by atoms with E-state index in [1.165, 1.54) is 11.1 Å². The number of carbonyl (C=O) groups excluding carboxylic acids is 1. The van der Waals surface area contributed by atoms with Gasteiger partial charge in [-0.25, -0.2) is 0 Å². The second-order valence-electron chi connectivity index (χ2n) is 6.91. The molecule has 3 rings (SSSR count). The van der Waals surface area contributed by atoms with E-state index in [9.17, 15) is 4.79 Å². The highest BCUT2D eigenvalue weighted by Crippen LogP contribution is 2.60. The minimum Gasteiger partial charge on any atom is -0.325 e. The van der Waals surface area contributed by atoms with Crippen LogP contribution < -0.4 is 5.32 Å². The van der Waals surface area contributed by atoms with Crippen LogP contribution in [0.2, 0.25) is 0 Å². The van der Waals surface area contributed by atoms with E-state index < -0.39 is 5.41 Å². The van der Waals surface area contributed by atoms with E-state index in [1.807, 2.05) is 32.9 Å². The van der Waals surface area contributed by atoms with E-state index >= 15 is 0 Å². The molecule has 2 atom stereocenters. The Kier molecular flexibility index (Phi) is 3.58. The van der Waals surface area contributed by atoms with Gasteiger partial charge >= 0.3 is 0 Å². The average Bonchev–Trinajstić information content (AvgIpc) is 2.94. The summed E-state index contributed by atoms with van der Waals surface area (Å²) >= 11 is 12.2. The molecule has 2 aliphatic carbocycles. The number of carbonyl (C=O) groups is 1. The number of anilines is 1. The van der Waals surface area contributed by atoms with Gasteiger partial charge in [-0.1, -0.05) is 56.1 Å². The number of amides is 1. The zero-order chi connectivity index (χ0) is 15.4. The Balaban J connectivity index is 2.03. The fraction of sp³-hybridized carbons (Fsp3) is 0.471. The lowest BCUT2D eigenvalue weighted by Gasteiger charge is -2.22. The Morgan fingerprint density at radius 1 is 1.19 bits per heavy atom. The van der Waals surface area contributed by atoms with Gasteiger partial charge in [-0.2, -0.15) is 0 Å². The van der Waals surface area contributed by atoms with Crippen molar-refractivity contribution in [1.82, 2.24) is 0 Å². The predicted octanol–water partition coefficient (Wildman–Crippen LogP) is 5.34. The van der Waals surface area contributed by atoms with Crippen molar-refractivity contribution in [1.29, 1.82) is 0 Å². The predicted molar refractivity (Wildman–Crippen MR) is 88.0 cm³/mol. The van der Waals surface area contributed by atoms with Crippen molar-refractivity contribution >= 4 is 34.8 Å². The van der Waals surface area contributed by atoms with Crippen LogP contribution in [0.15, 0.2) is 28.3 Å². The summed E-state index contributed by atoms with van der Waals surface area (Å²) in [6.45, 7) is 5.75. The molecule has 2 unspecified atom stereocenters. The summed E-state index contributed by atoms with van der Waals surface area (Å²) < 4.78 is 0.395. The molecular formula is C17H19Cl2NO. The fourth-order valence-corrected chi connectivity index (χ4v) is 3.99. The standard InChI is InChI=1S/C17H19Cl2NO/c1-17(2,3)16(21)20-12-6-4-5-9-10-7-8-11(13(9)12)14(10)15(18)19/h4-6,10-11H,7-8H2,1-3H3,(H,20,21). The molecular weight excluding hydrogens is 305 g/mol. The van der Waals surface area contributed by atoms with Crippen molar-refractivity contribution < 1.29 is 4.79 Å². The highest BCUT2D eigenvalue weighted by atomic mass is 35.5. The molecule has 2 aliphatic rings. The third kappa shape index (κ3) is 2.39. The normalized spacial score (nSPS) is 23.2. The van der Waals surface area contributed by atoms with Crippen LogP contribution in [-0.4, -0.2) is 5.91 Å². The summed E-state index contributed by atoms with van der Waals surface area (Å²) in [6, 6.07) is 6.10. The summed E-state index contributed by atoms with van der Waals surface area (Å²) in [5.41, 5.74) is 4.10. The number of allylic oxidation sites excluding steroid dienone is 1. The zero-order valence-corrected chi connectivity index (χ0v) is 14.0. The molecule has 0 aliphatic heterocycles. The fourth-order valence-electron chi connectivity index (χ4n) is 3.47. The molecule has 0 heterocycles. The summed E-state index contributed by atoms with van der Waals surface area (Å²) in [7, 11) is 0. The zero-order valence-electron chi connectivity index (χ0n) is 12.5. The number of halogens is 2.